The average molecular weight is 237 g/mol. The van der Waals surface area contributed by atoms with Crippen molar-refractivity contribution in [2.24, 2.45) is 0 Å². The second-order valence-corrected chi connectivity index (χ2v) is 5.25. The maximum Gasteiger partial charge on any atom is 0.0564 e. The molecule has 4 heteroatoms. The van der Waals surface area contributed by atoms with E-state index in [2.05, 4.69) is 33.0 Å². The summed E-state index contributed by atoms with van der Waals surface area (Å²) < 4.78 is 0. The molecule has 0 bridgehead atoms. The number of rotatable bonds is 3. The highest BCUT2D eigenvalue weighted by Gasteiger charge is 2.10. The second kappa shape index (κ2) is 6.11. The van der Waals surface area contributed by atoms with E-state index in [0.29, 0.717) is 0 Å². The number of nitrogens with one attached hydrogen (secondary N) is 1. The molecule has 88 valence electrons. The summed E-state index contributed by atoms with van der Waals surface area (Å²) in [7, 11) is 1.95. The highest BCUT2D eigenvalue weighted by Crippen LogP contribution is 2.14. The minimum absolute atomic E-state index is 0.982. The van der Waals surface area contributed by atoms with E-state index in [4.69, 9.17) is 0 Å². The molecule has 0 unspecified atom stereocenters. The van der Waals surface area contributed by atoms with Gasteiger partial charge in [-0.15, -0.1) is 0 Å². The van der Waals surface area contributed by atoms with Crippen LogP contribution < -0.4 is 5.32 Å². The summed E-state index contributed by atoms with van der Waals surface area (Å²) >= 11 is 2.06. The molecule has 0 spiro atoms. The molecule has 1 aromatic rings. The Morgan fingerprint density at radius 1 is 1.44 bits per heavy atom. The zero-order chi connectivity index (χ0) is 11.2. The first-order valence-corrected chi connectivity index (χ1v) is 6.97. The van der Waals surface area contributed by atoms with Gasteiger partial charge in [-0.25, -0.2) is 0 Å². The highest BCUT2D eigenvalue weighted by atomic mass is 32.2. The van der Waals surface area contributed by atoms with Crippen molar-refractivity contribution in [1.29, 1.82) is 0 Å². The van der Waals surface area contributed by atoms with Crippen LogP contribution in [0.5, 0.6) is 0 Å². The van der Waals surface area contributed by atoms with Gasteiger partial charge in [0, 0.05) is 37.8 Å². The van der Waals surface area contributed by atoms with Crippen LogP contribution in [0.3, 0.4) is 0 Å². The van der Waals surface area contributed by atoms with Crippen molar-refractivity contribution in [3.05, 3.63) is 24.0 Å². The minimum Gasteiger partial charge on any atom is -0.388 e. The summed E-state index contributed by atoms with van der Waals surface area (Å²) in [5.74, 6) is 2.56. The van der Waals surface area contributed by atoms with Gasteiger partial charge >= 0.3 is 0 Å². The lowest BCUT2D eigenvalue weighted by Crippen LogP contribution is -2.25. The van der Waals surface area contributed by atoms with Gasteiger partial charge in [-0.05, 0) is 30.9 Å². The molecule has 0 amide bonds. The Labute approximate surface area is 102 Å². The van der Waals surface area contributed by atoms with E-state index < -0.39 is 0 Å². The predicted molar refractivity (Wildman–Crippen MR) is 71.0 cm³/mol. The van der Waals surface area contributed by atoms with Gasteiger partial charge in [0.2, 0.25) is 0 Å². The third kappa shape index (κ3) is 3.39. The van der Waals surface area contributed by atoms with Crippen molar-refractivity contribution in [3.63, 3.8) is 0 Å². The van der Waals surface area contributed by atoms with Crippen LogP contribution in [0.2, 0.25) is 0 Å². The zero-order valence-electron chi connectivity index (χ0n) is 9.78. The first kappa shape index (κ1) is 11.7. The molecule has 16 heavy (non-hydrogen) atoms. The van der Waals surface area contributed by atoms with Crippen LogP contribution >= 0.6 is 11.8 Å². The molecule has 0 atom stereocenters. The van der Waals surface area contributed by atoms with Crippen molar-refractivity contribution < 1.29 is 0 Å². The third-order valence-electron chi connectivity index (χ3n) is 2.81. The number of anilines is 1. The molecular weight excluding hydrogens is 218 g/mol. The van der Waals surface area contributed by atoms with Crippen molar-refractivity contribution in [3.8, 4) is 0 Å². The van der Waals surface area contributed by atoms with Gasteiger partial charge in [-0.2, -0.15) is 11.8 Å². The Bertz CT molecular complexity index is 322. The van der Waals surface area contributed by atoms with Crippen LogP contribution in [0.25, 0.3) is 0 Å². The molecule has 1 saturated heterocycles. The van der Waals surface area contributed by atoms with Gasteiger partial charge in [0.05, 0.1) is 5.69 Å². The van der Waals surface area contributed by atoms with E-state index in [1.54, 1.807) is 0 Å². The molecule has 1 aliphatic rings. The first-order chi connectivity index (χ1) is 7.88. The van der Waals surface area contributed by atoms with Gasteiger partial charge in [0.15, 0.2) is 0 Å². The second-order valence-electron chi connectivity index (χ2n) is 4.03. The normalized spacial score (nSPS) is 18.1. The van der Waals surface area contributed by atoms with Gasteiger partial charge < -0.3 is 5.32 Å². The van der Waals surface area contributed by atoms with Crippen molar-refractivity contribution in [2.75, 3.05) is 37.0 Å². The van der Waals surface area contributed by atoms with Crippen molar-refractivity contribution >= 4 is 17.4 Å². The number of hydrogen-bond acceptors (Lipinski definition) is 4. The lowest BCUT2D eigenvalue weighted by atomic mass is 10.3. The molecule has 0 aliphatic carbocycles. The summed E-state index contributed by atoms with van der Waals surface area (Å²) in [5.41, 5.74) is 2.31. The predicted octanol–water partition coefficient (Wildman–Crippen LogP) is 2.06. The quantitative estimate of drug-likeness (QED) is 0.871. The Morgan fingerprint density at radius 2 is 2.38 bits per heavy atom. The molecule has 2 rings (SSSR count). The Morgan fingerprint density at radius 3 is 3.25 bits per heavy atom. The Hall–Kier alpha value is -0.740. The number of hydrogen-bond donors (Lipinski definition) is 1. The van der Waals surface area contributed by atoms with E-state index in [9.17, 15) is 0 Å². The molecule has 0 saturated carbocycles. The molecule has 0 aromatic carbocycles. The monoisotopic (exact) mass is 237 g/mol. The lowest BCUT2D eigenvalue weighted by molar-refractivity contribution is 0.284. The Balaban J connectivity index is 1.96. The zero-order valence-corrected chi connectivity index (χ0v) is 10.6. The van der Waals surface area contributed by atoms with E-state index in [-0.39, 0.29) is 0 Å². The highest BCUT2D eigenvalue weighted by molar-refractivity contribution is 7.99. The molecule has 3 nitrogen and oxygen atoms in total. The summed E-state index contributed by atoms with van der Waals surface area (Å²) in [6.45, 7) is 3.38. The molecule has 1 fully saturated rings. The molecule has 2 heterocycles. The SMILES string of the molecule is CNc1ccnc(CN2CCCSCC2)c1. The standard InChI is InChI=1S/C12H19N3S/c1-13-11-3-4-14-12(9-11)10-15-5-2-7-16-8-6-15/h3-4,9H,2,5-8,10H2,1H3,(H,13,14). The van der Waals surface area contributed by atoms with Crippen LogP contribution in [-0.4, -0.2) is 41.5 Å². The third-order valence-corrected chi connectivity index (χ3v) is 3.85. The van der Waals surface area contributed by atoms with Crippen molar-refractivity contribution in [1.82, 2.24) is 9.88 Å². The van der Waals surface area contributed by atoms with Gasteiger partial charge in [0.1, 0.15) is 0 Å². The van der Waals surface area contributed by atoms with E-state index in [0.717, 1.165) is 12.2 Å². The molecule has 1 aliphatic heterocycles. The minimum atomic E-state index is 0.982. The van der Waals surface area contributed by atoms with Gasteiger partial charge in [0.25, 0.3) is 0 Å². The molecule has 0 radical (unpaired) electrons. The molecular formula is C12H19N3S. The number of pyridine rings is 1. The lowest BCUT2D eigenvalue weighted by Gasteiger charge is -2.18. The van der Waals surface area contributed by atoms with Gasteiger partial charge in [-0.3, -0.25) is 9.88 Å². The van der Waals surface area contributed by atoms with E-state index >= 15 is 0 Å². The van der Waals surface area contributed by atoms with E-state index in [1.807, 2.05) is 19.3 Å². The van der Waals surface area contributed by atoms with Crippen molar-refractivity contribution in [2.45, 2.75) is 13.0 Å². The average Bonchev–Trinajstić information content (AvgIpc) is 2.58. The topological polar surface area (TPSA) is 28.2 Å². The molecule has 1 N–H and O–H groups in total. The number of thioether (sulfide) groups is 1. The largest absolute Gasteiger partial charge is 0.388 e. The maximum absolute atomic E-state index is 4.42. The summed E-state index contributed by atoms with van der Waals surface area (Å²) in [6.07, 6.45) is 3.18. The van der Waals surface area contributed by atoms with Crippen LogP contribution in [0.15, 0.2) is 18.3 Å². The fraction of sp³-hybridized carbons (Fsp3) is 0.583. The van der Waals surface area contributed by atoms with Gasteiger partial charge in [-0.1, -0.05) is 0 Å². The van der Waals surface area contributed by atoms with Crippen LogP contribution in [0.4, 0.5) is 5.69 Å². The fourth-order valence-electron chi connectivity index (χ4n) is 1.91. The number of aromatic nitrogens is 1. The first-order valence-electron chi connectivity index (χ1n) is 5.81. The number of nitrogens with zero attached hydrogens (tertiary/aromatic N) is 2. The van der Waals surface area contributed by atoms with E-state index in [1.165, 1.54) is 36.7 Å². The summed E-state index contributed by atoms with van der Waals surface area (Å²) in [4.78, 5) is 6.93. The Kier molecular flexibility index (Phi) is 4.48. The molecule has 1 aromatic heterocycles. The maximum atomic E-state index is 4.42. The van der Waals surface area contributed by atoms with Crippen LogP contribution in [-0.2, 0) is 6.54 Å². The van der Waals surface area contributed by atoms with Crippen LogP contribution in [0.1, 0.15) is 12.1 Å². The summed E-state index contributed by atoms with van der Waals surface area (Å²) in [6, 6.07) is 4.14. The summed E-state index contributed by atoms with van der Waals surface area (Å²) in [5, 5.41) is 3.15. The smallest absolute Gasteiger partial charge is 0.0564 e. The fourth-order valence-corrected chi connectivity index (χ4v) is 2.83. The van der Waals surface area contributed by atoms with Crippen LogP contribution in [0, 0.1) is 0 Å².